The molecular weight excluding hydrogens is 466 g/mol. The van der Waals surface area contributed by atoms with Gasteiger partial charge in [0.2, 0.25) is 5.91 Å². The molecule has 1 saturated carbocycles. The molecule has 1 fully saturated rings. The number of carbonyl (C=O) groups excluding carboxylic acids is 1. The van der Waals surface area contributed by atoms with Gasteiger partial charge in [-0.1, -0.05) is 11.6 Å². The third-order valence-corrected chi connectivity index (χ3v) is 6.22. The van der Waals surface area contributed by atoms with Crippen molar-refractivity contribution < 1.29 is 13.6 Å². The number of anilines is 1. The van der Waals surface area contributed by atoms with E-state index in [1.165, 1.54) is 6.20 Å². The second-order valence-electron chi connectivity index (χ2n) is 8.37. The summed E-state index contributed by atoms with van der Waals surface area (Å²) < 4.78 is 31.9. The topological polar surface area (TPSA) is 106 Å². The van der Waals surface area contributed by atoms with Crippen LogP contribution >= 0.6 is 11.6 Å². The maximum absolute atomic E-state index is 15.5. The minimum atomic E-state index is -1.10. The molecule has 12 heteroatoms. The zero-order valence-corrected chi connectivity index (χ0v) is 18.5. The number of alkyl halides is 1. The summed E-state index contributed by atoms with van der Waals surface area (Å²) in [5.74, 6) is -1.35. The molecule has 34 heavy (non-hydrogen) atoms. The van der Waals surface area contributed by atoms with Crippen LogP contribution in [0.2, 0.25) is 5.02 Å². The van der Waals surface area contributed by atoms with Crippen molar-refractivity contribution in [2.45, 2.75) is 26.1 Å². The standard InChI is InChI=1S/C22H17ClF2N8O/c1-10-3-28-33(6-10)7-13-20(25)19(23)18(12-4-27-31-21(12)13)15-8-32-9-16(29-17(32)5-26-15)30-22(34)11-2-14(11)24/h3-6,8-9,11,14H,2,7H2,1H3,(H,27,31)(H,30,34). The molecule has 172 valence electrons. The Bertz CT molecular complexity index is 1590. The van der Waals surface area contributed by atoms with Gasteiger partial charge < -0.3 is 9.72 Å². The molecule has 6 rings (SSSR count). The number of aromatic amines is 1. The Balaban J connectivity index is 1.40. The van der Waals surface area contributed by atoms with E-state index in [9.17, 15) is 9.18 Å². The Morgan fingerprint density at radius 1 is 1.29 bits per heavy atom. The summed E-state index contributed by atoms with van der Waals surface area (Å²) in [6.07, 6.45) is 8.91. The van der Waals surface area contributed by atoms with Crippen LogP contribution in [-0.2, 0) is 11.3 Å². The average Bonchev–Trinajstić information content (AvgIpc) is 3.17. The van der Waals surface area contributed by atoms with Crippen LogP contribution in [0.25, 0.3) is 27.8 Å². The van der Waals surface area contributed by atoms with Gasteiger partial charge in [0.15, 0.2) is 11.5 Å². The quantitative estimate of drug-likeness (QED) is 0.395. The molecule has 2 unspecified atom stereocenters. The number of nitrogens with one attached hydrogen (secondary N) is 2. The average molecular weight is 483 g/mol. The van der Waals surface area contributed by atoms with Crippen molar-refractivity contribution in [3.63, 3.8) is 0 Å². The van der Waals surface area contributed by atoms with Gasteiger partial charge in [0.1, 0.15) is 12.0 Å². The first-order chi connectivity index (χ1) is 16.4. The fourth-order valence-electron chi connectivity index (χ4n) is 4.03. The van der Waals surface area contributed by atoms with Crippen LogP contribution in [0.15, 0.2) is 37.2 Å². The lowest BCUT2D eigenvalue weighted by atomic mass is 10.0. The summed E-state index contributed by atoms with van der Waals surface area (Å²) in [5.41, 5.74) is 3.02. The highest BCUT2D eigenvalue weighted by atomic mass is 35.5. The Labute approximate surface area is 195 Å². The zero-order valence-electron chi connectivity index (χ0n) is 17.8. The second kappa shape index (κ2) is 7.59. The molecule has 2 N–H and O–H groups in total. The highest BCUT2D eigenvalue weighted by molar-refractivity contribution is 6.35. The zero-order chi connectivity index (χ0) is 23.6. The van der Waals surface area contributed by atoms with Crippen LogP contribution in [-0.4, -0.2) is 46.4 Å². The summed E-state index contributed by atoms with van der Waals surface area (Å²) in [6.45, 7) is 2.08. The Morgan fingerprint density at radius 2 is 2.12 bits per heavy atom. The summed E-state index contributed by atoms with van der Waals surface area (Å²) in [5, 5.41) is 14.3. The predicted molar refractivity (Wildman–Crippen MR) is 121 cm³/mol. The lowest BCUT2D eigenvalue weighted by molar-refractivity contribution is -0.117. The smallest absolute Gasteiger partial charge is 0.231 e. The number of imidazole rings is 1. The number of aryl methyl sites for hydroxylation is 1. The number of fused-ring (bicyclic) bond motifs is 2. The number of amides is 1. The van der Waals surface area contributed by atoms with Crippen molar-refractivity contribution >= 4 is 39.9 Å². The molecular formula is C22H17ClF2N8O. The third kappa shape index (κ3) is 3.39. The van der Waals surface area contributed by atoms with Crippen LogP contribution in [0, 0.1) is 18.7 Å². The number of nitrogens with zero attached hydrogens (tertiary/aromatic N) is 6. The SMILES string of the molecule is Cc1cnn(Cc2c(F)c(Cl)c(-c3cn4cc(NC(=O)C5CC5F)nc4cn3)c3cn[nH]c23)c1. The molecule has 2 atom stereocenters. The second-order valence-corrected chi connectivity index (χ2v) is 8.75. The highest BCUT2D eigenvalue weighted by Gasteiger charge is 2.43. The molecule has 0 radical (unpaired) electrons. The van der Waals surface area contributed by atoms with Crippen LogP contribution in [0.4, 0.5) is 14.6 Å². The first-order valence-electron chi connectivity index (χ1n) is 10.5. The molecule has 0 aliphatic heterocycles. The Kier molecular flexibility index (Phi) is 4.63. The first kappa shape index (κ1) is 20.7. The lowest BCUT2D eigenvalue weighted by Crippen LogP contribution is -2.15. The number of benzene rings is 1. The predicted octanol–water partition coefficient (Wildman–Crippen LogP) is 3.91. The van der Waals surface area contributed by atoms with Crippen LogP contribution in [0.5, 0.6) is 0 Å². The monoisotopic (exact) mass is 482 g/mol. The van der Waals surface area contributed by atoms with E-state index < -0.39 is 23.8 Å². The Hall–Kier alpha value is -3.86. The molecule has 4 heterocycles. The van der Waals surface area contributed by atoms with E-state index in [2.05, 4.69) is 30.6 Å². The van der Waals surface area contributed by atoms with Crippen molar-refractivity contribution in [1.29, 1.82) is 0 Å². The molecule has 0 bridgehead atoms. The molecule has 0 saturated heterocycles. The molecule has 0 spiro atoms. The van der Waals surface area contributed by atoms with Gasteiger partial charge in [0, 0.05) is 28.9 Å². The molecule has 1 aliphatic rings. The first-order valence-corrected chi connectivity index (χ1v) is 10.9. The van der Waals surface area contributed by atoms with E-state index >= 15 is 4.39 Å². The van der Waals surface area contributed by atoms with E-state index in [0.717, 1.165) is 5.56 Å². The van der Waals surface area contributed by atoms with Crippen molar-refractivity contribution in [2.24, 2.45) is 5.92 Å². The summed E-state index contributed by atoms with van der Waals surface area (Å²) in [7, 11) is 0. The van der Waals surface area contributed by atoms with Crippen LogP contribution in [0.3, 0.4) is 0 Å². The fraction of sp³-hybridized carbons (Fsp3) is 0.227. The number of hydrogen-bond donors (Lipinski definition) is 2. The van der Waals surface area contributed by atoms with Gasteiger partial charge in [-0.15, -0.1) is 0 Å². The van der Waals surface area contributed by atoms with Crippen LogP contribution < -0.4 is 5.32 Å². The third-order valence-electron chi connectivity index (χ3n) is 5.87. The van der Waals surface area contributed by atoms with Crippen molar-refractivity contribution in [1.82, 2.24) is 34.3 Å². The molecule has 5 aromatic rings. The molecule has 1 amide bonds. The fourth-order valence-corrected chi connectivity index (χ4v) is 4.35. The van der Waals surface area contributed by atoms with Gasteiger partial charge in [-0.25, -0.2) is 13.8 Å². The number of rotatable bonds is 5. The maximum Gasteiger partial charge on any atom is 0.231 e. The van der Waals surface area contributed by atoms with Crippen LogP contribution in [0.1, 0.15) is 17.5 Å². The van der Waals surface area contributed by atoms with Gasteiger partial charge in [0.25, 0.3) is 0 Å². The summed E-state index contributed by atoms with van der Waals surface area (Å²) in [6, 6.07) is 0. The Morgan fingerprint density at radius 3 is 2.85 bits per heavy atom. The van der Waals surface area contributed by atoms with Gasteiger partial charge >= 0.3 is 0 Å². The number of halogens is 3. The largest absolute Gasteiger partial charge is 0.309 e. The molecule has 1 aromatic carbocycles. The normalized spacial score (nSPS) is 17.5. The summed E-state index contributed by atoms with van der Waals surface area (Å²) >= 11 is 6.52. The maximum atomic E-state index is 15.5. The van der Waals surface area contributed by atoms with Gasteiger partial charge in [-0.05, 0) is 18.9 Å². The van der Waals surface area contributed by atoms with E-state index in [4.69, 9.17) is 11.6 Å². The molecule has 4 aromatic heterocycles. The minimum absolute atomic E-state index is 0.0870. The molecule has 9 nitrogen and oxygen atoms in total. The number of aromatic nitrogens is 7. The number of hydrogen-bond acceptors (Lipinski definition) is 5. The number of H-pyrrole nitrogens is 1. The van der Waals surface area contributed by atoms with Crippen molar-refractivity contribution in [2.75, 3.05) is 5.32 Å². The molecule has 1 aliphatic carbocycles. The summed E-state index contributed by atoms with van der Waals surface area (Å²) in [4.78, 5) is 20.7. The highest BCUT2D eigenvalue weighted by Crippen LogP contribution is 2.39. The van der Waals surface area contributed by atoms with Crippen molar-refractivity contribution in [3.05, 3.63) is 59.1 Å². The van der Waals surface area contributed by atoms with Crippen molar-refractivity contribution in [3.8, 4) is 11.3 Å². The van der Waals surface area contributed by atoms with E-state index in [1.54, 1.807) is 33.9 Å². The van der Waals surface area contributed by atoms with E-state index in [1.807, 2.05) is 13.1 Å². The minimum Gasteiger partial charge on any atom is -0.309 e. The lowest BCUT2D eigenvalue weighted by Gasteiger charge is -2.12. The van der Waals surface area contributed by atoms with Gasteiger partial charge in [-0.2, -0.15) is 10.2 Å². The van der Waals surface area contributed by atoms with E-state index in [-0.39, 0.29) is 23.8 Å². The van der Waals surface area contributed by atoms with Gasteiger partial charge in [-0.3, -0.25) is 19.6 Å². The number of carbonyl (C=O) groups is 1. The van der Waals surface area contributed by atoms with E-state index in [0.29, 0.717) is 33.4 Å². The van der Waals surface area contributed by atoms with Gasteiger partial charge in [0.05, 0.1) is 53.5 Å².